The third-order valence-electron chi connectivity index (χ3n) is 7.62. The molecule has 3 aliphatic carbocycles. The van der Waals surface area contributed by atoms with Gasteiger partial charge in [-0.1, -0.05) is 11.6 Å². The molecule has 6 rings (SSSR count). The van der Waals surface area contributed by atoms with Crippen molar-refractivity contribution < 1.29 is 14.7 Å². The number of nitrogens with zero attached hydrogens (tertiary/aromatic N) is 4. The second-order valence-corrected chi connectivity index (χ2v) is 10.4. The van der Waals surface area contributed by atoms with Crippen molar-refractivity contribution in [1.29, 1.82) is 0 Å². The Morgan fingerprint density at radius 1 is 1.00 bits per heavy atom. The molecule has 1 saturated heterocycles. The highest BCUT2D eigenvalue weighted by molar-refractivity contribution is 6.36. The number of aliphatic hydroxyl groups excluding tert-OH is 1. The molecule has 0 spiro atoms. The molecular weight excluding hydrogens is 428 g/mol. The monoisotopic (exact) mass is 456 g/mol. The molecule has 4 fully saturated rings. The van der Waals surface area contributed by atoms with Gasteiger partial charge in [0.25, 0.3) is 5.91 Å². The molecule has 1 aliphatic heterocycles. The highest BCUT2D eigenvalue weighted by atomic mass is 35.5. The van der Waals surface area contributed by atoms with E-state index in [0.717, 1.165) is 49.7 Å². The maximum Gasteiger partial charge on any atom is 0.276 e. The van der Waals surface area contributed by atoms with E-state index in [1.165, 1.54) is 18.4 Å². The van der Waals surface area contributed by atoms with Crippen LogP contribution in [0.15, 0.2) is 12.1 Å². The van der Waals surface area contributed by atoms with Gasteiger partial charge in [0.15, 0.2) is 5.69 Å². The first-order valence-electron chi connectivity index (χ1n) is 12.0. The van der Waals surface area contributed by atoms with Crippen LogP contribution in [0, 0.1) is 0 Å². The second-order valence-electron chi connectivity index (χ2n) is 10.00. The zero-order chi connectivity index (χ0) is 22.0. The van der Waals surface area contributed by atoms with Crippen LogP contribution >= 0.6 is 11.6 Å². The van der Waals surface area contributed by atoms with Crippen LogP contribution in [-0.4, -0.2) is 68.1 Å². The minimum absolute atomic E-state index is 0.0273. The molecule has 32 heavy (non-hydrogen) atoms. The number of hydrogen-bond acceptors (Lipinski definition) is 4. The van der Waals surface area contributed by atoms with E-state index in [1.54, 1.807) is 4.90 Å². The number of aliphatic hydroxyl groups is 1. The summed E-state index contributed by atoms with van der Waals surface area (Å²) in [6.45, 7) is 1.07. The maximum atomic E-state index is 13.4. The quantitative estimate of drug-likeness (QED) is 0.765. The fourth-order valence-corrected chi connectivity index (χ4v) is 5.64. The van der Waals surface area contributed by atoms with Gasteiger partial charge in [0.1, 0.15) is 6.54 Å². The number of carbonyl (C=O) groups is 2. The average molecular weight is 457 g/mol. The summed E-state index contributed by atoms with van der Waals surface area (Å²) < 4.78 is 1.87. The second kappa shape index (κ2) is 7.73. The van der Waals surface area contributed by atoms with Crippen LogP contribution in [0.25, 0.3) is 5.52 Å². The predicted molar refractivity (Wildman–Crippen MR) is 120 cm³/mol. The number of hydrogen-bond donors (Lipinski definition) is 1. The Hall–Kier alpha value is -2.12. The van der Waals surface area contributed by atoms with Gasteiger partial charge in [-0.25, -0.2) is 4.52 Å². The molecule has 170 valence electrons. The van der Waals surface area contributed by atoms with Crippen LogP contribution in [0.2, 0.25) is 5.02 Å². The summed E-state index contributed by atoms with van der Waals surface area (Å²) in [6, 6.07) is 4.52. The number of carbonyl (C=O) groups excluding carboxylic acids is 2. The standard InChI is InChI=1S/C24H29ClN4O3/c25-22-20-12-16(14-1-2-14)11-19(15-3-4-15)29(20)26-23(22)24(32)27-9-10-28(21(31)13-27)17-5-7-18(30)8-6-17/h11-12,14-15,17-18,30H,1-10,13H2. The summed E-state index contributed by atoms with van der Waals surface area (Å²) in [5, 5.41) is 14.8. The molecule has 2 aromatic rings. The van der Waals surface area contributed by atoms with Gasteiger partial charge in [-0.2, -0.15) is 5.10 Å². The molecule has 4 aliphatic rings. The molecule has 0 radical (unpaired) electrons. The molecular formula is C24H29ClN4O3. The molecule has 0 aromatic carbocycles. The zero-order valence-electron chi connectivity index (χ0n) is 18.2. The number of piperazine rings is 1. The van der Waals surface area contributed by atoms with Gasteiger partial charge in [0.05, 0.1) is 16.6 Å². The highest BCUT2D eigenvalue weighted by Gasteiger charge is 2.36. The summed E-state index contributed by atoms with van der Waals surface area (Å²) in [5.74, 6) is 0.810. The van der Waals surface area contributed by atoms with Crippen LogP contribution in [0.3, 0.4) is 0 Å². The summed E-state index contributed by atoms with van der Waals surface area (Å²) in [5.41, 5.74) is 3.53. The Balaban J connectivity index is 1.24. The Morgan fingerprint density at radius 2 is 1.72 bits per heavy atom. The molecule has 0 bridgehead atoms. The molecule has 2 aromatic heterocycles. The third kappa shape index (κ3) is 3.59. The lowest BCUT2D eigenvalue weighted by Gasteiger charge is -2.41. The van der Waals surface area contributed by atoms with Gasteiger partial charge in [0.2, 0.25) is 5.91 Å². The van der Waals surface area contributed by atoms with E-state index < -0.39 is 0 Å². The first kappa shape index (κ1) is 20.5. The van der Waals surface area contributed by atoms with Crippen molar-refractivity contribution in [2.45, 2.75) is 75.3 Å². The van der Waals surface area contributed by atoms with Crippen molar-refractivity contribution in [2.24, 2.45) is 0 Å². The van der Waals surface area contributed by atoms with Gasteiger partial charge in [-0.15, -0.1) is 0 Å². The maximum absolute atomic E-state index is 13.4. The van der Waals surface area contributed by atoms with E-state index in [9.17, 15) is 14.7 Å². The van der Waals surface area contributed by atoms with Crippen molar-refractivity contribution in [1.82, 2.24) is 19.4 Å². The minimum Gasteiger partial charge on any atom is -0.393 e. The van der Waals surface area contributed by atoms with Gasteiger partial charge in [-0.3, -0.25) is 9.59 Å². The Labute approximate surface area is 192 Å². The normalized spacial score (nSPS) is 26.8. The lowest BCUT2D eigenvalue weighted by Crippen LogP contribution is -2.56. The Bertz CT molecular complexity index is 1080. The fraction of sp³-hybridized carbons (Fsp3) is 0.625. The van der Waals surface area contributed by atoms with Crippen molar-refractivity contribution in [3.05, 3.63) is 34.1 Å². The average Bonchev–Trinajstić information content (AvgIpc) is 3.71. The number of pyridine rings is 1. The first-order valence-corrected chi connectivity index (χ1v) is 12.4. The van der Waals surface area contributed by atoms with E-state index in [4.69, 9.17) is 11.6 Å². The van der Waals surface area contributed by atoms with Crippen molar-refractivity contribution in [3.8, 4) is 0 Å². The molecule has 3 saturated carbocycles. The number of fused-ring (bicyclic) bond motifs is 1. The van der Waals surface area contributed by atoms with Crippen LogP contribution in [0.1, 0.15) is 84.9 Å². The molecule has 0 atom stereocenters. The summed E-state index contributed by atoms with van der Waals surface area (Å²) >= 11 is 6.72. The number of amides is 2. The van der Waals surface area contributed by atoms with Gasteiger partial charge in [-0.05, 0) is 75.0 Å². The Kier molecular flexibility index (Phi) is 4.95. The molecule has 3 heterocycles. The summed E-state index contributed by atoms with van der Waals surface area (Å²) in [6.07, 6.45) is 7.60. The first-order chi connectivity index (χ1) is 15.5. The molecule has 1 N–H and O–H groups in total. The van der Waals surface area contributed by atoms with E-state index >= 15 is 0 Å². The molecule has 8 heteroatoms. The fourth-order valence-electron chi connectivity index (χ4n) is 5.39. The largest absolute Gasteiger partial charge is 0.393 e. The number of halogens is 1. The van der Waals surface area contributed by atoms with Crippen LogP contribution < -0.4 is 0 Å². The van der Waals surface area contributed by atoms with Crippen molar-refractivity contribution >= 4 is 28.9 Å². The summed E-state index contributed by atoms with van der Waals surface area (Å²) in [7, 11) is 0. The van der Waals surface area contributed by atoms with E-state index in [0.29, 0.717) is 29.9 Å². The van der Waals surface area contributed by atoms with Crippen LogP contribution in [0.5, 0.6) is 0 Å². The third-order valence-corrected chi connectivity index (χ3v) is 7.99. The Morgan fingerprint density at radius 3 is 2.38 bits per heavy atom. The number of aromatic nitrogens is 2. The SMILES string of the molecule is O=C(c1nn2c(C3CC3)cc(C3CC3)cc2c1Cl)N1CCN(C2CCC(O)CC2)C(=O)C1. The smallest absolute Gasteiger partial charge is 0.276 e. The predicted octanol–water partition coefficient (Wildman–Crippen LogP) is 3.33. The summed E-state index contributed by atoms with van der Waals surface area (Å²) in [4.78, 5) is 29.7. The number of rotatable bonds is 4. The van der Waals surface area contributed by atoms with Crippen LogP contribution in [-0.2, 0) is 4.79 Å². The highest BCUT2D eigenvalue weighted by Crippen LogP contribution is 2.46. The zero-order valence-corrected chi connectivity index (χ0v) is 18.9. The van der Waals surface area contributed by atoms with Gasteiger partial charge < -0.3 is 14.9 Å². The topological polar surface area (TPSA) is 78.2 Å². The molecule has 7 nitrogen and oxygen atoms in total. The molecule has 0 unspecified atom stereocenters. The van der Waals surface area contributed by atoms with E-state index in [2.05, 4.69) is 17.2 Å². The molecule has 2 amide bonds. The van der Waals surface area contributed by atoms with Crippen molar-refractivity contribution in [2.75, 3.05) is 19.6 Å². The van der Waals surface area contributed by atoms with Gasteiger partial charge >= 0.3 is 0 Å². The van der Waals surface area contributed by atoms with E-state index in [1.807, 2.05) is 9.42 Å². The minimum atomic E-state index is -0.263. The van der Waals surface area contributed by atoms with Crippen LogP contribution in [0.4, 0.5) is 0 Å². The van der Waals surface area contributed by atoms with E-state index in [-0.39, 0.29) is 36.2 Å². The lowest BCUT2D eigenvalue weighted by molar-refractivity contribution is -0.138. The lowest BCUT2D eigenvalue weighted by atomic mass is 9.91. The van der Waals surface area contributed by atoms with Gasteiger partial charge in [0, 0.05) is 30.7 Å². The van der Waals surface area contributed by atoms with Crippen molar-refractivity contribution in [3.63, 3.8) is 0 Å².